The summed E-state index contributed by atoms with van der Waals surface area (Å²) < 4.78 is 45.0. The minimum Gasteiger partial charge on any atom is -0.449 e. The van der Waals surface area contributed by atoms with Gasteiger partial charge in [-0.25, -0.2) is 9.78 Å². The van der Waals surface area contributed by atoms with Gasteiger partial charge in [0, 0.05) is 18.0 Å². The number of nitrogens with one attached hydrogen (secondary N) is 1. The van der Waals surface area contributed by atoms with Crippen molar-refractivity contribution >= 4 is 11.9 Å². The van der Waals surface area contributed by atoms with Crippen LogP contribution in [-0.4, -0.2) is 40.5 Å². The van der Waals surface area contributed by atoms with E-state index in [4.69, 9.17) is 10.5 Å². The molecule has 0 spiro atoms. The van der Waals surface area contributed by atoms with Crippen LogP contribution in [0.2, 0.25) is 0 Å². The van der Waals surface area contributed by atoms with Gasteiger partial charge in [-0.1, -0.05) is 54.6 Å². The molecule has 1 aliphatic carbocycles. The van der Waals surface area contributed by atoms with E-state index in [1.165, 1.54) is 0 Å². The number of aromatic nitrogens is 1. The number of carbonyl (C=O) groups is 1. The van der Waals surface area contributed by atoms with E-state index in [-0.39, 0.29) is 18.3 Å². The highest BCUT2D eigenvalue weighted by molar-refractivity contribution is 5.79. The maximum absolute atomic E-state index is 13.2. The number of fused-ring (bicyclic) bond motifs is 3. The Bertz CT molecular complexity index is 1160. The first-order valence-electron chi connectivity index (χ1n) is 10.5. The SMILES string of the molecule is Nc1ccc(C(O)C(O)CNC(=O)OCC2c3ccccc3-c3ccccc32)c(C(F)(F)F)n1. The highest BCUT2D eigenvalue weighted by Crippen LogP contribution is 2.44. The second kappa shape index (κ2) is 9.32. The summed E-state index contributed by atoms with van der Waals surface area (Å²) in [5, 5.41) is 22.7. The Balaban J connectivity index is 1.37. The van der Waals surface area contributed by atoms with Crippen molar-refractivity contribution in [1.82, 2.24) is 10.3 Å². The molecule has 3 aromatic rings. The fraction of sp³-hybridized carbons (Fsp3) is 0.250. The first-order chi connectivity index (χ1) is 16.2. The van der Waals surface area contributed by atoms with Gasteiger partial charge in [0.2, 0.25) is 0 Å². The standard InChI is InChI=1S/C24H22F3N3O4/c25-24(26,27)22-17(9-10-20(28)30-22)21(32)19(31)11-29-23(33)34-12-18-15-7-3-1-5-13(15)14-6-2-4-8-16(14)18/h1-10,18-19,21,31-32H,11-12H2,(H2,28,30)(H,29,33). The van der Waals surface area contributed by atoms with E-state index in [9.17, 15) is 28.2 Å². The Morgan fingerprint density at radius 2 is 1.62 bits per heavy atom. The lowest BCUT2D eigenvalue weighted by atomic mass is 9.98. The fourth-order valence-electron chi connectivity index (χ4n) is 4.11. The number of carbonyl (C=O) groups excluding carboxylic acids is 1. The predicted octanol–water partition coefficient (Wildman–Crippen LogP) is 3.62. The molecular formula is C24H22F3N3O4. The summed E-state index contributed by atoms with van der Waals surface area (Å²) in [6, 6.07) is 17.6. The minimum absolute atomic E-state index is 0.0264. The Morgan fingerprint density at radius 3 is 2.21 bits per heavy atom. The number of aliphatic hydroxyl groups is 2. The van der Waals surface area contributed by atoms with Crippen LogP contribution in [0, 0.1) is 0 Å². The van der Waals surface area contributed by atoms with Crippen molar-refractivity contribution < 1.29 is 32.9 Å². The van der Waals surface area contributed by atoms with Crippen LogP contribution in [0.4, 0.5) is 23.8 Å². The van der Waals surface area contributed by atoms with Gasteiger partial charge in [-0.15, -0.1) is 0 Å². The van der Waals surface area contributed by atoms with Crippen LogP contribution in [0.5, 0.6) is 0 Å². The number of hydrogen-bond donors (Lipinski definition) is 4. The highest BCUT2D eigenvalue weighted by atomic mass is 19.4. The number of alkyl carbamates (subject to hydrolysis) is 1. The number of hydrogen-bond acceptors (Lipinski definition) is 6. The Morgan fingerprint density at radius 1 is 1.03 bits per heavy atom. The second-order valence-corrected chi connectivity index (χ2v) is 7.89. The van der Waals surface area contributed by atoms with E-state index in [0.29, 0.717) is 0 Å². The Labute approximate surface area is 193 Å². The number of pyridine rings is 1. The molecule has 0 radical (unpaired) electrons. The lowest BCUT2D eigenvalue weighted by Crippen LogP contribution is -2.37. The highest BCUT2D eigenvalue weighted by Gasteiger charge is 2.38. The largest absolute Gasteiger partial charge is 0.449 e. The third kappa shape index (κ3) is 4.68. The zero-order valence-electron chi connectivity index (χ0n) is 17.8. The van der Waals surface area contributed by atoms with Crippen LogP contribution < -0.4 is 11.1 Å². The van der Waals surface area contributed by atoms with Crippen molar-refractivity contribution in [3.05, 3.63) is 83.0 Å². The second-order valence-electron chi connectivity index (χ2n) is 7.89. The number of amides is 1. The number of anilines is 1. The molecule has 0 saturated heterocycles. The summed E-state index contributed by atoms with van der Waals surface area (Å²) in [4.78, 5) is 15.4. The van der Waals surface area contributed by atoms with Crippen molar-refractivity contribution in [3.8, 4) is 11.1 Å². The number of nitrogen functional groups attached to an aromatic ring is 1. The Hall–Kier alpha value is -3.63. The molecule has 1 amide bonds. The maximum atomic E-state index is 13.2. The third-order valence-electron chi connectivity index (χ3n) is 5.70. The first-order valence-corrected chi connectivity index (χ1v) is 10.5. The minimum atomic E-state index is -4.88. The zero-order valence-corrected chi connectivity index (χ0v) is 17.8. The van der Waals surface area contributed by atoms with Gasteiger partial charge in [-0.3, -0.25) is 0 Å². The van der Waals surface area contributed by atoms with E-state index in [0.717, 1.165) is 34.4 Å². The van der Waals surface area contributed by atoms with E-state index < -0.39 is 42.3 Å². The van der Waals surface area contributed by atoms with Crippen LogP contribution in [-0.2, 0) is 10.9 Å². The van der Waals surface area contributed by atoms with E-state index in [1.54, 1.807) is 0 Å². The summed E-state index contributed by atoms with van der Waals surface area (Å²) in [6.45, 7) is -0.516. The van der Waals surface area contributed by atoms with Crippen molar-refractivity contribution in [3.63, 3.8) is 0 Å². The molecule has 2 atom stereocenters. The molecular weight excluding hydrogens is 451 g/mol. The number of alkyl halides is 3. The van der Waals surface area contributed by atoms with E-state index in [2.05, 4.69) is 10.3 Å². The molecule has 10 heteroatoms. The van der Waals surface area contributed by atoms with Crippen LogP contribution >= 0.6 is 0 Å². The predicted molar refractivity (Wildman–Crippen MR) is 118 cm³/mol. The molecule has 1 heterocycles. The number of nitrogens with zero attached hydrogens (tertiary/aromatic N) is 1. The quantitative estimate of drug-likeness (QED) is 0.435. The number of rotatable bonds is 6. The molecule has 1 aliphatic rings. The summed E-state index contributed by atoms with van der Waals surface area (Å²) in [5.41, 5.74) is 7.41. The number of benzene rings is 2. The average molecular weight is 473 g/mol. The lowest BCUT2D eigenvalue weighted by molar-refractivity contribution is -0.143. The molecule has 0 aliphatic heterocycles. The van der Waals surface area contributed by atoms with Gasteiger partial charge in [0.25, 0.3) is 0 Å². The van der Waals surface area contributed by atoms with Gasteiger partial charge >= 0.3 is 12.3 Å². The van der Waals surface area contributed by atoms with E-state index >= 15 is 0 Å². The van der Waals surface area contributed by atoms with Crippen molar-refractivity contribution in [2.75, 3.05) is 18.9 Å². The number of aliphatic hydroxyl groups excluding tert-OH is 2. The molecule has 5 N–H and O–H groups in total. The zero-order chi connectivity index (χ0) is 24.5. The summed E-state index contributed by atoms with van der Waals surface area (Å²) in [7, 11) is 0. The number of nitrogens with two attached hydrogens (primary N) is 1. The molecule has 2 aromatic carbocycles. The van der Waals surface area contributed by atoms with Crippen LogP contribution in [0.15, 0.2) is 60.7 Å². The van der Waals surface area contributed by atoms with E-state index in [1.807, 2.05) is 48.5 Å². The van der Waals surface area contributed by atoms with Crippen LogP contribution in [0.3, 0.4) is 0 Å². The fourth-order valence-corrected chi connectivity index (χ4v) is 4.11. The van der Waals surface area contributed by atoms with Crippen LogP contribution in [0.25, 0.3) is 11.1 Å². The monoisotopic (exact) mass is 473 g/mol. The summed E-state index contributed by atoms with van der Waals surface area (Å²) >= 11 is 0. The molecule has 0 bridgehead atoms. The number of halogens is 3. The van der Waals surface area contributed by atoms with Gasteiger partial charge in [-0.05, 0) is 28.3 Å². The van der Waals surface area contributed by atoms with Gasteiger partial charge in [0.05, 0.1) is 0 Å². The third-order valence-corrected chi connectivity index (χ3v) is 5.70. The average Bonchev–Trinajstić information content (AvgIpc) is 3.14. The molecule has 34 heavy (non-hydrogen) atoms. The van der Waals surface area contributed by atoms with Gasteiger partial charge in [-0.2, -0.15) is 13.2 Å². The summed E-state index contributed by atoms with van der Waals surface area (Å²) in [5.74, 6) is -0.557. The number of ether oxygens (including phenoxy) is 1. The summed E-state index contributed by atoms with van der Waals surface area (Å²) in [6.07, 6.45) is -9.46. The normalized spacial score (nSPS) is 14.7. The molecule has 1 aromatic heterocycles. The van der Waals surface area contributed by atoms with Crippen molar-refractivity contribution in [2.45, 2.75) is 24.3 Å². The molecule has 0 saturated carbocycles. The van der Waals surface area contributed by atoms with Gasteiger partial charge < -0.3 is 26.0 Å². The molecule has 0 fully saturated rings. The van der Waals surface area contributed by atoms with Crippen LogP contribution in [0.1, 0.15) is 34.4 Å². The Kier molecular flexibility index (Phi) is 6.45. The molecule has 7 nitrogen and oxygen atoms in total. The smallest absolute Gasteiger partial charge is 0.433 e. The van der Waals surface area contributed by atoms with Gasteiger partial charge in [0.15, 0.2) is 5.69 Å². The van der Waals surface area contributed by atoms with Crippen molar-refractivity contribution in [1.29, 1.82) is 0 Å². The first kappa shape index (κ1) is 23.5. The van der Waals surface area contributed by atoms with Gasteiger partial charge in [0.1, 0.15) is 24.6 Å². The lowest BCUT2D eigenvalue weighted by Gasteiger charge is -2.22. The topological polar surface area (TPSA) is 118 Å². The molecule has 4 rings (SSSR count). The molecule has 2 unspecified atom stereocenters. The molecule has 178 valence electrons. The maximum Gasteiger partial charge on any atom is 0.433 e. The van der Waals surface area contributed by atoms with Crippen molar-refractivity contribution in [2.24, 2.45) is 0 Å².